The molecular weight excluding hydrogens is 350 g/mol. The van der Waals surface area contributed by atoms with Crippen molar-refractivity contribution in [3.05, 3.63) is 76.4 Å². The average Bonchev–Trinajstić information content (AvgIpc) is 2.52. The van der Waals surface area contributed by atoms with Gasteiger partial charge in [0.2, 0.25) is 5.88 Å². The van der Waals surface area contributed by atoms with Gasteiger partial charge in [-0.25, -0.2) is 4.98 Å². The predicted octanol–water partition coefficient (Wildman–Crippen LogP) is 5.96. The lowest BCUT2D eigenvalue weighted by Crippen LogP contribution is -1.88. The monoisotopic (exact) mass is 359 g/mol. The second-order valence-corrected chi connectivity index (χ2v) is 5.75. The summed E-state index contributed by atoms with van der Waals surface area (Å²) in [6.45, 7) is 0. The molecule has 2 nitrogen and oxygen atoms in total. The van der Waals surface area contributed by atoms with Crippen LogP contribution in [-0.4, -0.2) is 4.98 Å². The van der Waals surface area contributed by atoms with Crippen LogP contribution in [0.25, 0.3) is 11.1 Å². The minimum absolute atomic E-state index is 0.507. The largest absolute Gasteiger partial charge is 0.437 e. The number of nitrogens with zero attached hydrogens (tertiary/aromatic N) is 1. The number of hydrogen-bond acceptors (Lipinski definition) is 2. The quantitative estimate of drug-likeness (QED) is 0.575. The van der Waals surface area contributed by atoms with Gasteiger partial charge in [0.25, 0.3) is 0 Å². The van der Waals surface area contributed by atoms with Gasteiger partial charge in [-0.15, -0.1) is 0 Å². The molecule has 1 heterocycles. The van der Waals surface area contributed by atoms with Crippen LogP contribution in [0.4, 0.5) is 0 Å². The Hall–Kier alpha value is -1.84. The number of aromatic nitrogens is 1. The number of ether oxygens (including phenoxy) is 1. The van der Waals surface area contributed by atoms with Gasteiger partial charge < -0.3 is 4.74 Å². The highest BCUT2D eigenvalue weighted by atomic mass is 79.9. The van der Waals surface area contributed by atoms with E-state index in [0.29, 0.717) is 16.7 Å². The van der Waals surface area contributed by atoms with Crippen LogP contribution in [0.1, 0.15) is 0 Å². The van der Waals surface area contributed by atoms with Gasteiger partial charge in [-0.2, -0.15) is 0 Å². The van der Waals surface area contributed by atoms with Crippen LogP contribution in [-0.2, 0) is 0 Å². The lowest BCUT2D eigenvalue weighted by molar-refractivity contribution is 0.463. The van der Waals surface area contributed by atoms with Crippen LogP contribution in [0.15, 0.2) is 71.3 Å². The smallest absolute Gasteiger partial charge is 0.219 e. The molecule has 4 heteroatoms. The maximum Gasteiger partial charge on any atom is 0.219 e. The summed E-state index contributed by atoms with van der Waals surface area (Å²) in [6, 6.07) is 19.5. The fourth-order valence-corrected chi connectivity index (χ4v) is 2.38. The summed E-state index contributed by atoms with van der Waals surface area (Å²) >= 11 is 9.64. The standard InChI is InChI=1S/C17H11BrClNO/c18-14-7-9-17(20-11-14)21-16-8-6-13(10-15(16)19)12-4-2-1-3-5-12/h1-11H. The Morgan fingerprint density at radius 2 is 1.71 bits per heavy atom. The minimum atomic E-state index is 0.507. The molecule has 0 aliphatic rings. The molecule has 0 N–H and O–H groups in total. The van der Waals surface area contributed by atoms with Crippen molar-refractivity contribution in [1.29, 1.82) is 0 Å². The van der Waals surface area contributed by atoms with E-state index >= 15 is 0 Å². The van der Waals surface area contributed by atoms with E-state index in [0.717, 1.165) is 15.6 Å². The van der Waals surface area contributed by atoms with E-state index in [1.54, 1.807) is 12.3 Å². The fourth-order valence-electron chi connectivity index (χ4n) is 1.93. The third kappa shape index (κ3) is 3.43. The van der Waals surface area contributed by atoms with Crippen molar-refractivity contribution < 1.29 is 4.74 Å². The molecular formula is C17H11BrClNO. The Bertz CT molecular complexity index is 744. The molecule has 0 unspecified atom stereocenters. The molecule has 0 aliphatic carbocycles. The molecule has 2 aromatic carbocycles. The van der Waals surface area contributed by atoms with E-state index in [1.807, 2.05) is 54.6 Å². The van der Waals surface area contributed by atoms with Gasteiger partial charge >= 0.3 is 0 Å². The second-order valence-electron chi connectivity index (χ2n) is 4.43. The first-order valence-corrected chi connectivity index (χ1v) is 7.54. The highest BCUT2D eigenvalue weighted by Gasteiger charge is 2.06. The molecule has 21 heavy (non-hydrogen) atoms. The van der Waals surface area contributed by atoms with E-state index < -0.39 is 0 Å². The number of benzene rings is 2. The molecule has 0 spiro atoms. The molecule has 0 saturated carbocycles. The van der Waals surface area contributed by atoms with Gasteiger partial charge in [0.05, 0.1) is 5.02 Å². The Kier molecular flexibility index (Phi) is 4.23. The lowest BCUT2D eigenvalue weighted by Gasteiger charge is -2.08. The maximum atomic E-state index is 6.30. The number of rotatable bonds is 3. The molecule has 0 fully saturated rings. The summed E-state index contributed by atoms with van der Waals surface area (Å²) in [5.41, 5.74) is 2.17. The van der Waals surface area contributed by atoms with Gasteiger partial charge in [0.1, 0.15) is 5.75 Å². The Labute approximate surface area is 136 Å². The Morgan fingerprint density at radius 1 is 0.905 bits per heavy atom. The van der Waals surface area contributed by atoms with Gasteiger partial charge in [-0.1, -0.05) is 48.0 Å². The van der Waals surface area contributed by atoms with E-state index in [1.165, 1.54) is 0 Å². The Balaban J connectivity index is 1.86. The summed E-state index contributed by atoms with van der Waals surface area (Å²) < 4.78 is 6.59. The normalized spacial score (nSPS) is 10.4. The number of halogens is 2. The molecule has 0 atom stereocenters. The zero-order valence-electron chi connectivity index (χ0n) is 11.0. The van der Waals surface area contributed by atoms with Crippen LogP contribution in [0.2, 0.25) is 5.02 Å². The topological polar surface area (TPSA) is 22.1 Å². The first-order chi connectivity index (χ1) is 10.2. The Morgan fingerprint density at radius 3 is 2.38 bits per heavy atom. The van der Waals surface area contributed by atoms with Crippen LogP contribution >= 0.6 is 27.5 Å². The SMILES string of the molecule is Clc1cc(-c2ccccc2)ccc1Oc1ccc(Br)cn1. The summed E-state index contributed by atoms with van der Waals surface area (Å²) in [5.74, 6) is 1.10. The second kappa shape index (κ2) is 6.29. The van der Waals surface area contributed by atoms with E-state index in [-0.39, 0.29) is 0 Å². The van der Waals surface area contributed by atoms with Crippen LogP contribution in [0.3, 0.4) is 0 Å². The van der Waals surface area contributed by atoms with Crippen molar-refractivity contribution in [3.8, 4) is 22.8 Å². The van der Waals surface area contributed by atoms with Gasteiger partial charge in [-0.3, -0.25) is 0 Å². The minimum Gasteiger partial charge on any atom is -0.437 e. The van der Waals surface area contributed by atoms with Crippen LogP contribution < -0.4 is 4.74 Å². The average molecular weight is 361 g/mol. The third-order valence-corrected chi connectivity index (χ3v) is 3.72. The third-order valence-electron chi connectivity index (χ3n) is 2.95. The number of pyridine rings is 1. The summed E-state index contributed by atoms with van der Waals surface area (Å²) in [6.07, 6.45) is 1.68. The van der Waals surface area contributed by atoms with Crippen molar-refractivity contribution in [1.82, 2.24) is 4.98 Å². The van der Waals surface area contributed by atoms with E-state index in [4.69, 9.17) is 16.3 Å². The zero-order chi connectivity index (χ0) is 14.7. The molecule has 1 aromatic heterocycles. The highest BCUT2D eigenvalue weighted by molar-refractivity contribution is 9.10. The van der Waals surface area contributed by atoms with Crippen molar-refractivity contribution in [2.24, 2.45) is 0 Å². The first-order valence-electron chi connectivity index (χ1n) is 6.37. The van der Waals surface area contributed by atoms with Crippen molar-refractivity contribution in [2.75, 3.05) is 0 Å². The molecule has 3 aromatic rings. The maximum absolute atomic E-state index is 6.30. The van der Waals surface area contributed by atoms with Crippen LogP contribution in [0, 0.1) is 0 Å². The molecule has 0 radical (unpaired) electrons. The lowest BCUT2D eigenvalue weighted by atomic mass is 10.1. The van der Waals surface area contributed by atoms with Gasteiger partial charge in [-0.05, 0) is 45.3 Å². The van der Waals surface area contributed by atoms with Crippen LogP contribution in [0.5, 0.6) is 11.6 Å². The summed E-state index contributed by atoms with van der Waals surface area (Å²) in [4.78, 5) is 4.17. The van der Waals surface area contributed by atoms with E-state index in [2.05, 4.69) is 20.9 Å². The molecule has 0 saturated heterocycles. The fraction of sp³-hybridized carbons (Fsp3) is 0. The summed E-state index contributed by atoms with van der Waals surface area (Å²) in [5, 5.41) is 0.557. The van der Waals surface area contributed by atoms with Crippen molar-refractivity contribution in [3.63, 3.8) is 0 Å². The van der Waals surface area contributed by atoms with E-state index in [9.17, 15) is 0 Å². The predicted molar refractivity (Wildman–Crippen MR) is 88.9 cm³/mol. The highest BCUT2D eigenvalue weighted by Crippen LogP contribution is 2.32. The zero-order valence-corrected chi connectivity index (χ0v) is 13.3. The number of hydrogen-bond donors (Lipinski definition) is 0. The van der Waals surface area contributed by atoms with Crippen molar-refractivity contribution >= 4 is 27.5 Å². The molecule has 3 rings (SSSR count). The molecule has 0 aliphatic heterocycles. The molecule has 104 valence electrons. The summed E-state index contributed by atoms with van der Waals surface area (Å²) in [7, 11) is 0. The van der Waals surface area contributed by atoms with Crippen molar-refractivity contribution in [2.45, 2.75) is 0 Å². The molecule has 0 amide bonds. The molecule has 0 bridgehead atoms. The first kappa shape index (κ1) is 14.1. The van der Waals surface area contributed by atoms with Gasteiger partial charge in [0, 0.05) is 16.7 Å². The van der Waals surface area contributed by atoms with Gasteiger partial charge in [0.15, 0.2) is 0 Å².